The molecule has 2 bridgehead atoms. The lowest BCUT2D eigenvalue weighted by Crippen LogP contribution is -2.32. The first-order valence-corrected chi connectivity index (χ1v) is 5.82. The Kier molecular flexibility index (Phi) is 2.80. The zero-order valence-electron chi connectivity index (χ0n) is 9.75. The van der Waals surface area contributed by atoms with Gasteiger partial charge in [0.05, 0.1) is 5.69 Å². The Morgan fingerprint density at radius 1 is 1.40 bits per heavy atom. The van der Waals surface area contributed by atoms with Crippen LogP contribution in [0.5, 0.6) is 0 Å². The Balaban J connectivity index is 0.000000404. The molecule has 3 nitrogen and oxygen atoms in total. The molecule has 1 aromatic rings. The quantitative estimate of drug-likeness (QED) is 0.705. The van der Waals surface area contributed by atoms with E-state index in [-0.39, 0.29) is 0 Å². The minimum atomic E-state index is 0.627. The van der Waals surface area contributed by atoms with Crippen LogP contribution in [0.2, 0.25) is 0 Å². The third kappa shape index (κ3) is 1.78. The van der Waals surface area contributed by atoms with E-state index in [1.807, 2.05) is 20.8 Å². The SMILES string of the molecule is CC.Cc1ccc2c(n1)NC1CCN2C1. The third-order valence-electron chi connectivity index (χ3n) is 2.88. The van der Waals surface area contributed by atoms with Crippen molar-refractivity contribution in [1.82, 2.24) is 4.98 Å². The van der Waals surface area contributed by atoms with E-state index in [4.69, 9.17) is 0 Å². The number of hydrogen-bond acceptors (Lipinski definition) is 3. The van der Waals surface area contributed by atoms with Crippen LogP contribution in [0.15, 0.2) is 12.1 Å². The number of aromatic nitrogens is 1. The second-order valence-corrected chi connectivity index (χ2v) is 3.90. The van der Waals surface area contributed by atoms with Crippen molar-refractivity contribution in [3.8, 4) is 0 Å². The van der Waals surface area contributed by atoms with Gasteiger partial charge in [-0.05, 0) is 25.5 Å². The van der Waals surface area contributed by atoms with Gasteiger partial charge in [0.1, 0.15) is 5.82 Å². The predicted molar refractivity (Wildman–Crippen MR) is 64.6 cm³/mol. The smallest absolute Gasteiger partial charge is 0.150 e. The van der Waals surface area contributed by atoms with E-state index >= 15 is 0 Å². The fourth-order valence-corrected chi connectivity index (χ4v) is 2.20. The summed E-state index contributed by atoms with van der Waals surface area (Å²) in [4.78, 5) is 6.92. The van der Waals surface area contributed by atoms with Gasteiger partial charge in [0.25, 0.3) is 0 Å². The molecule has 3 heterocycles. The van der Waals surface area contributed by atoms with E-state index in [1.165, 1.54) is 18.7 Å². The van der Waals surface area contributed by atoms with Gasteiger partial charge in [0.2, 0.25) is 0 Å². The average molecular weight is 205 g/mol. The van der Waals surface area contributed by atoms with Gasteiger partial charge in [-0.2, -0.15) is 0 Å². The van der Waals surface area contributed by atoms with Crippen LogP contribution in [0, 0.1) is 6.92 Å². The van der Waals surface area contributed by atoms with Gasteiger partial charge in [0.15, 0.2) is 0 Å². The minimum absolute atomic E-state index is 0.627. The summed E-state index contributed by atoms with van der Waals surface area (Å²) in [5.74, 6) is 1.08. The van der Waals surface area contributed by atoms with E-state index < -0.39 is 0 Å². The molecule has 15 heavy (non-hydrogen) atoms. The molecule has 0 amide bonds. The molecular weight excluding hydrogens is 186 g/mol. The number of nitrogens with one attached hydrogen (secondary N) is 1. The van der Waals surface area contributed by atoms with E-state index in [1.54, 1.807) is 0 Å². The Morgan fingerprint density at radius 2 is 2.20 bits per heavy atom. The van der Waals surface area contributed by atoms with E-state index in [2.05, 4.69) is 27.3 Å². The molecule has 0 radical (unpaired) electrons. The van der Waals surface area contributed by atoms with Crippen molar-refractivity contribution in [2.75, 3.05) is 23.3 Å². The summed E-state index contributed by atoms with van der Waals surface area (Å²) in [7, 11) is 0. The highest BCUT2D eigenvalue weighted by Gasteiger charge is 2.30. The molecule has 0 spiro atoms. The fourth-order valence-electron chi connectivity index (χ4n) is 2.20. The van der Waals surface area contributed by atoms with Crippen LogP contribution in [0.4, 0.5) is 11.5 Å². The molecule has 2 aliphatic rings. The lowest BCUT2D eigenvalue weighted by Gasteiger charge is -2.27. The van der Waals surface area contributed by atoms with Crippen LogP contribution in [0.1, 0.15) is 26.0 Å². The molecule has 3 rings (SSSR count). The molecule has 3 heteroatoms. The van der Waals surface area contributed by atoms with Gasteiger partial charge < -0.3 is 10.2 Å². The zero-order chi connectivity index (χ0) is 10.8. The summed E-state index contributed by atoms with van der Waals surface area (Å²) in [5.41, 5.74) is 2.37. The lowest BCUT2D eigenvalue weighted by molar-refractivity contribution is 0.786. The number of hydrogen-bond donors (Lipinski definition) is 1. The van der Waals surface area contributed by atoms with Crippen molar-refractivity contribution in [3.05, 3.63) is 17.8 Å². The Morgan fingerprint density at radius 3 is 3.00 bits per heavy atom. The van der Waals surface area contributed by atoms with Crippen molar-refractivity contribution < 1.29 is 0 Å². The zero-order valence-corrected chi connectivity index (χ0v) is 9.75. The van der Waals surface area contributed by atoms with Crippen molar-refractivity contribution in [2.24, 2.45) is 0 Å². The molecule has 1 unspecified atom stereocenters. The van der Waals surface area contributed by atoms with Crippen LogP contribution in [0.3, 0.4) is 0 Å². The number of fused-ring (bicyclic) bond motifs is 4. The standard InChI is InChI=1S/C10H13N3.C2H6/c1-7-2-3-9-10(11-7)12-8-4-5-13(9)6-8;1-2/h2-3,8H,4-6H2,1H3,(H,11,12);1-2H3. The van der Waals surface area contributed by atoms with Gasteiger partial charge in [-0.3, -0.25) is 0 Å². The number of rotatable bonds is 0. The first kappa shape index (κ1) is 10.3. The van der Waals surface area contributed by atoms with Crippen molar-refractivity contribution >= 4 is 11.5 Å². The Bertz CT molecular complexity index is 349. The average Bonchev–Trinajstić information content (AvgIpc) is 2.64. The van der Waals surface area contributed by atoms with Crippen molar-refractivity contribution in [2.45, 2.75) is 33.2 Å². The van der Waals surface area contributed by atoms with Gasteiger partial charge in [-0.15, -0.1) is 0 Å². The van der Waals surface area contributed by atoms with Crippen LogP contribution in [-0.4, -0.2) is 24.1 Å². The summed E-state index contributed by atoms with van der Waals surface area (Å²) in [6, 6.07) is 4.88. The summed E-state index contributed by atoms with van der Waals surface area (Å²) in [5, 5.41) is 3.48. The third-order valence-corrected chi connectivity index (χ3v) is 2.88. The summed E-state index contributed by atoms with van der Waals surface area (Å²) in [6.45, 7) is 8.36. The molecule has 1 atom stereocenters. The van der Waals surface area contributed by atoms with Crippen LogP contribution < -0.4 is 10.2 Å². The molecule has 1 saturated heterocycles. The maximum Gasteiger partial charge on any atom is 0.150 e. The van der Waals surface area contributed by atoms with Gasteiger partial charge >= 0.3 is 0 Å². The van der Waals surface area contributed by atoms with Crippen LogP contribution >= 0.6 is 0 Å². The first-order chi connectivity index (χ1) is 7.33. The highest BCUT2D eigenvalue weighted by molar-refractivity contribution is 5.70. The molecule has 1 N–H and O–H groups in total. The monoisotopic (exact) mass is 205 g/mol. The Labute approximate surface area is 91.5 Å². The van der Waals surface area contributed by atoms with E-state index in [0.29, 0.717) is 6.04 Å². The van der Waals surface area contributed by atoms with E-state index in [9.17, 15) is 0 Å². The Hall–Kier alpha value is -1.25. The van der Waals surface area contributed by atoms with Gasteiger partial charge in [0, 0.05) is 24.8 Å². The topological polar surface area (TPSA) is 28.2 Å². The van der Waals surface area contributed by atoms with E-state index in [0.717, 1.165) is 18.1 Å². The van der Waals surface area contributed by atoms with Crippen LogP contribution in [-0.2, 0) is 0 Å². The highest BCUT2D eigenvalue weighted by Crippen LogP contribution is 2.33. The number of nitrogens with zero attached hydrogens (tertiary/aromatic N) is 2. The largest absolute Gasteiger partial charge is 0.366 e. The molecule has 0 saturated carbocycles. The minimum Gasteiger partial charge on any atom is -0.366 e. The molecule has 2 aliphatic heterocycles. The first-order valence-electron chi connectivity index (χ1n) is 5.82. The molecule has 1 fully saturated rings. The summed E-state index contributed by atoms with van der Waals surface area (Å²) >= 11 is 0. The molecule has 0 aliphatic carbocycles. The fraction of sp³-hybridized carbons (Fsp3) is 0.583. The van der Waals surface area contributed by atoms with Crippen molar-refractivity contribution in [1.29, 1.82) is 0 Å². The summed E-state index contributed by atoms with van der Waals surface area (Å²) in [6.07, 6.45) is 1.25. The molecule has 1 aromatic heterocycles. The summed E-state index contributed by atoms with van der Waals surface area (Å²) < 4.78 is 0. The molecular formula is C12H19N3. The van der Waals surface area contributed by atoms with Crippen molar-refractivity contribution in [3.63, 3.8) is 0 Å². The van der Waals surface area contributed by atoms with Gasteiger partial charge in [-0.1, -0.05) is 13.8 Å². The number of pyridine rings is 1. The molecule has 82 valence electrons. The van der Waals surface area contributed by atoms with Crippen LogP contribution in [0.25, 0.3) is 0 Å². The lowest BCUT2D eigenvalue weighted by atomic mass is 10.2. The number of anilines is 2. The number of aryl methyl sites for hydroxylation is 1. The predicted octanol–water partition coefficient (Wildman–Crippen LogP) is 2.42. The maximum atomic E-state index is 4.50. The highest BCUT2D eigenvalue weighted by atomic mass is 15.3. The second kappa shape index (κ2) is 4.09. The molecule has 0 aromatic carbocycles. The van der Waals surface area contributed by atoms with Gasteiger partial charge in [-0.25, -0.2) is 4.98 Å². The second-order valence-electron chi connectivity index (χ2n) is 3.90. The maximum absolute atomic E-state index is 4.50. The normalized spacial score (nSPS) is 21.3.